The summed E-state index contributed by atoms with van der Waals surface area (Å²) in [4.78, 5) is 0. The van der Waals surface area contributed by atoms with Crippen molar-refractivity contribution in [1.82, 2.24) is 0 Å². The molecule has 0 aromatic carbocycles. The summed E-state index contributed by atoms with van der Waals surface area (Å²) in [5, 5.41) is 35.3. The van der Waals surface area contributed by atoms with Crippen molar-refractivity contribution in [3.63, 3.8) is 0 Å². The molecule has 0 aromatic heterocycles. The topological polar surface area (TPSA) is 90.2 Å². The molecular formula is C5H10O5. The van der Waals surface area contributed by atoms with E-state index in [0.717, 1.165) is 0 Å². The molecule has 4 atom stereocenters. The van der Waals surface area contributed by atoms with Crippen molar-refractivity contribution in [2.75, 3.05) is 6.61 Å². The summed E-state index contributed by atoms with van der Waals surface area (Å²) >= 11 is 0. The van der Waals surface area contributed by atoms with Crippen LogP contribution >= 0.6 is 0 Å². The first kappa shape index (κ1) is 7.90. The van der Waals surface area contributed by atoms with Gasteiger partial charge in [-0.1, -0.05) is 0 Å². The van der Waals surface area contributed by atoms with Crippen LogP contribution in [0.15, 0.2) is 0 Å². The third-order valence-corrected chi connectivity index (χ3v) is 1.47. The van der Waals surface area contributed by atoms with Crippen molar-refractivity contribution in [3.05, 3.63) is 0 Å². The summed E-state index contributed by atoms with van der Waals surface area (Å²) in [6, 6.07) is 0. The van der Waals surface area contributed by atoms with Gasteiger partial charge in [0, 0.05) is 0 Å². The van der Waals surface area contributed by atoms with Crippen LogP contribution in [0.25, 0.3) is 0 Å². The van der Waals surface area contributed by atoms with Crippen molar-refractivity contribution >= 4 is 0 Å². The molecule has 1 aliphatic rings. The molecule has 0 aromatic rings. The van der Waals surface area contributed by atoms with E-state index in [9.17, 15) is 0 Å². The normalized spacial score (nSPS) is 49.2. The molecule has 0 saturated carbocycles. The molecule has 10 heavy (non-hydrogen) atoms. The minimum absolute atomic E-state index is 0.153. The van der Waals surface area contributed by atoms with E-state index in [2.05, 4.69) is 4.74 Å². The molecule has 1 fully saturated rings. The van der Waals surface area contributed by atoms with E-state index in [1.807, 2.05) is 0 Å². The molecule has 0 radical (unpaired) electrons. The van der Waals surface area contributed by atoms with E-state index in [-0.39, 0.29) is 6.61 Å². The van der Waals surface area contributed by atoms with E-state index in [4.69, 9.17) is 20.4 Å². The Morgan fingerprint density at radius 2 is 1.60 bits per heavy atom. The highest BCUT2D eigenvalue weighted by Crippen LogP contribution is 2.12. The fraction of sp³-hybridized carbons (Fsp3) is 1.00. The van der Waals surface area contributed by atoms with Gasteiger partial charge in [-0.3, -0.25) is 0 Å². The molecule has 1 aliphatic heterocycles. The van der Waals surface area contributed by atoms with Gasteiger partial charge < -0.3 is 25.2 Å². The Labute approximate surface area is 57.5 Å². The second kappa shape index (κ2) is 2.81. The zero-order chi connectivity index (χ0) is 7.72. The van der Waals surface area contributed by atoms with Crippen molar-refractivity contribution in [3.8, 4) is 0 Å². The Morgan fingerprint density at radius 3 is 2.10 bits per heavy atom. The van der Waals surface area contributed by atoms with Gasteiger partial charge in [0.2, 0.25) is 0 Å². The number of hydrogen-bond acceptors (Lipinski definition) is 5. The second-order valence-corrected chi connectivity index (χ2v) is 2.27. The van der Waals surface area contributed by atoms with Crippen LogP contribution in [0.3, 0.4) is 0 Å². The summed E-state index contributed by atoms with van der Waals surface area (Å²) in [6.07, 6.45) is -5.23. The maximum atomic E-state index is 8.88. The number of aliphatic hydroxyl groups excluding tert-OH is 4. The smallest absolute Gasteiger partial charge is 0.183 e. The Morgan fingerprint density at radius 1 is 1.00 bits per heavy atom. The molecule has 0 spiro atoms. The molecule has 0 aliphatic carbocycles. The first-order valence-corrected chi connectivity index (χ1v) is 2.97. The maximum absolute atomic E-state index is 8.88. The predicted octanol–water partition coefficient (Wildman–Crippen LogP) is -2.58. The van der Waals surface area contributed by atoms with Crippen LogP contribution in [0, 0.1) is 0 Å². The van der Waals surface area contributed by atoms with E-state index >= 15 is 0 Å². The molecule has 5 nitrogen and oxygen atoms in total. The Kier molecular flexibility index (Phi) is 2.22. The van der Waals surface area contributed by atoms with Crippen LogP contribution in [-0.2, 0) is 4.74 Å². The zero-order valence-corrected chi connectivity index (χ0v) is 5.21. The average Bonchev–Trinajstić information content (AvgIpc) is 1.93. The molecule has 60 valence electrons. The van der Waals surface area contributed by atoms with E-state index in [1.165, 1.54) is 0 Å². The lowest BCUT2D eigenvalue weighted by molar-refractivity contribution is -0.252. The maximum Gasteiger partial charge on any atom is 0.183 e. The summed E-state index contributed by atoms with van der Waals surface area (Å²) in [6.45, 7) is -0.153. The van der Waals surface area contributed by atoms with Crippen LogP contribution in [-0.4, -0.2) is 51.6 Å². The second-order valence-electron chi connectivity index (χ2n) is 2.27. The summed E-state index contributed by atoms with van der Waals surface area (Å²) in [7, 11) is 0. The first-order valence-electron chi connectivity index (χ1n) is 2.97. The first-order chi connectivity index (χ1) is 4.63. The van der Waals surface area contributed by atoms with Gasteiger partial charge in [-0.2, -0.15) is 0 Å². The molecule has 0 amide bonds. The average molecular weight is 150 g/mol. The largest absolute Gasteiger partial charge is 0.388 e. The van der Waals surface area contributed by atoms with Gasteiger partial charge in [-0.05, 0) is 0 Å². The third kappa shape index (κ3) is 1.28. The summed E-state index contributed by atoms with van der Waals surface area (Å²) in [5.74, 6) is 0. The lowest BCUT2D eigenvalue weighted by Crippen LogP contribution is -2.52. The van der Waals surface area contributed by atoms with Gasteiger partial charge >= 0.3 is 0 Å². The SMILES string of the molecule is OC1CO[C@@H](O)C(O)[C@H]1O. The van der Waals surface area contributed by atoms with Crippen molar-refractivity contribution in [2.45, 2.75) is 24.6 Å². The molecule has 0 bridgehead atoms. The lowest BCUT2D eigenvalue weighted by atomic mass is 10.1. The fourth-order valence-electron chi connectivity index (χ4n) is 0.791. The standard InChI is InChI=1S/C5H10O5/c6-2-1-10-5(9)4(8)3(2)7/h2-9H,1H2/t2?,3-,4?,5+/m0/s1. The van der Waals surface area contributed by atoms with Gasteiger partial charge in [0.25, 0.3) is 0 Å². The van der Waals surface area contributed by atoms with Crippen LogP contribution < -0.4 is 0 Å². The lowest BCUT2D eigenvalue weighted by Gasteiger charge is -2.31. The van der Waals surface area contributed by atoms with Crippen molar-refractivity contribution in [2.24, 2.45) is 0 Å². The minimum atomic E-state index is -1.41. The predicted molar refractivity (Wildman–Crippen MR) is 30.0 cm³/mol. The van der Waals surface area contributed by atoms with Crippen LogP contribution in [0.1, 0.15) is 0 Å². The fourth-order valence-corrected chi connectivity index (χ4v) is 0.791. The monoisotopic (exact) mass is 150 g/mol. The number of ether oxygens (including phenoxy) is 1. The molecule has 2 unspecified atom stereocenters. The number of rotatable bonds is 0. The molecular weight excluding hydrogens is 140 g/mol. The highest BCUT2D eigenvalue weighted by Gasteiger charge is 2.36. The highest BCUT2D eigenvalue weighted by atomic mass is 16.6. The Bertz CT molecular complexity index is 103. The Balaban J connectivity index is 2.52. The van der Waals surface area contributed by atoms with Crippen LogP contribution in [0.4, 0.5) is 0 Å². The molecule has 4 N–H and O–H groups in total. The summed E-state index contributed by atoms with van der Waals surface area (Å²) in [5.41, 5.74) is 0. The van der Waals surface area contributed by atoms with E-state index < -0.39 is 24.6 Å². The van der Waals surface area contributed by atoms with E-state index in [0.29, 0.717) is 0 Å². The van der Waals surface area contributed by atoms with Crippen LogP contribution in [0.5, 0.6) is 0 Å². The van der Waals surface area contributed by atoms with Gasteiger partial charge in [-0.15, -0.1) is 0 Å². The molecule has 1 saturated heterocycles. The number of hydrogen-bond donors (Lipinski definition) is 4. The number of aliphatic hydroxyl groups is 4. The quantitative estimate of drug-likeness (QED) is 0.304. The van der Waals surface area contributed by atoms with Crippen LogP contribution in [0.2, 0.25) is 0 Å². The van der Waals surface area contributed by atoms with Gasteiger partial charge in [0.1, 0.15) is 18.3 Å². The Hall–Kier alpha value is -0.200. The molecule has 1 heterocycles. The van der Waals surface area contributed by atoms with E-state index in [1.54, 1.807) is 0 Å². The van der Waals surface area contributed by atoms with Gasteiger partial charge in [0.05, 0.1) is 6.61 Å². The molecule has 1 rings (SSSR count). The van der Waals surface area contributed by atoms with Crippen molar-refractivity contribution in [1.29, 1.82) is 0 Å². The van der Waals surface area contributed by atoms with Gasteiger partial charge in [-0.25, -0.2) is 0 Å². The van der Waals surface area contributed by atoms with Crippen molar-refractivity contribution < 1.29 is 25.2 Å². The minimum Gasteiger partial charge on any atom is -0.388 e. The third-order valence-electron chi connectivity index (χ3n) is 1.47. The zero-order valence-electron chi connectivity index (χ0n) is 5.21. The summed E-state index contributed by atoms with van der Waals surface area (Å²) < 4.78 is 4.47. The highest BCUT2D eigenvalue weighted by molar-refractivity contribution is 4.81. The molecule has 5 heteroatoms. The van der Waals surface area contributed by atoms with Gasteiger partial charge in [0.15, 0.2) is 6.29 Å².